The van der Waals surface area contributed by atoms with Crippen LogP contribution in [0, 0.1) is 24.2 Å². The maximum atomic E-state index is 10.2. The molecule has 0 radical (unpaired) electrons. The van der Waals surface area contributed by atoms with Crippen LogP contribution in [0.4, 0.5) is 0 Å². The van der Waals surface area contributed by atoms with E-state index in [1.807, 2.05) is 13.0 Å². The average molecular weight is 453 g/mol. The molecule has 1 aromatic heterocycles. The van der Waals surface area contributed by atoms with Crippen molar-refractivity contribution < 1.29 is 0 Å². The zero-order valence-corrected chi connectivity index (χ0v) is 21.0. The van der Waals surface area contributed by atoms with Crippen molar-refractivity contribution in [1.82, 2.24) is 9.88 Å². The van der Waals surface area contributed by atoms with E-state index in [1.165, 1.54) is 6.42 Å². The second-order valence-corrected chi connectivity index (χ2v) is 9.70. The summed E-state index contributed by atoms with van der Waals surface area (Å²) in [6.07, 6.45) is 10.8. The summed E-state index contributed by atoms with van der Waals surface area (Å²) in [6.45, 7) is 11.6. The second-order valence-electron chi connectivity index (χ2n) is 9.30. The molecule has 1 N–H and O–H groups in total. The van der Waals surface area contributed by atoms with E-state index >= 15 is 0 Å². The molecule has 1 aliphatic carbocycles. The first-order valence-electron chi connectivity index (χ1n) is 12.1. The predicted octanol–water partition coefficient (Wildman–Crippen LogP) is 7.44. The number of rotatable bonds is 10. The van der Waals surface area contributed by atoms with Crippen molar-refractivity contribution in [2.75, 3.05) is 6.54 Å². The van der Waals surface area contributed by atoms with Gasteiger partial charge in [0, 0.05) is 41.2 Å². The summed E-state index contributed by atoms with van der Waals surface area (Å²) in [5, 5.41) is 15.5. The standard InChI is InChI=1S/C27H37ClN4/c1-6-8-12-25(31-17-20(7-2)16-30-18(3)4)27-23(15-29)22-13-19(5)24(28)14-26(22)32(27)21-10-9-11-21/h12-14,17-18,20-21,30H,6-11,16H2,1-5H3/b25-12+,31-17?. The van der Waals surface area contributed by atoms with Gasteiger partial charge in [-0.3, -0.25) is 4.99 Å². The number of fused-ring (bicyclic) bond motifs is 1. The SMILES string of the molecule is CCC/C=C(/N=CC(CC)CNC(C)C)c1c(C#N)c2cc(C)c(Cl)cc2n1C1CCC1. The van der Waals surface area contributed by atoms with Gasteiger partial charge in [-0.2, -0.15) is 5.26 Å². The average Bonchev–Trinajstić information content (AvgIpc) is 3.02. The van der Waals surface area contributed by atoms with Gasteiger partial charge in [0.2, 0.25) is 0 Å². The number of unbranched alkanes of at least 4 members (excludes halogenated alkanes) is 1. The Morgan fingerprint density at radius 3 is 2.66 bits per heavy atom. The lowest BCUT2D eigenvalue weighted by molar-refractivity contribution is 0.320. The Labute approximate surface area is 198 Å². The molecule has 1 aromatic carbocycles. The van der Waals surface area contributed by atoms with Gasteiger partial charge in [0.15, 0.2) is 0 Å². The van der Waals surface area contributed by atoms with Crippen LogP contribution in [0.3, 0.4) is 0 Å². The van der Waals surface area contributed by atoms with Crippen LogP contribution in [0.2, 0.25) is 5.02 Å². The number of nitriles is 1. The highest BCUT2D eigenvalue weighted by Crippen LogP contribution is 2.42. The molecule has 5 heteroatoms. The van der Waals surface area contributed by atoms with Crippen molar-refractivity contribution in [1.29, 1.82) is 5.26 Å². The number of halogens is 1. The van der Waals surface area contributed by atoms with Crippen LogP contribution in [0.5, 0.6) is 0 Å². The Kier molecular flexibility index (Phi) is 8.57. The minimum absolute atomic E-state index is 0.353. The topological polar surface area (TPSA) is 53.1 Å². The summed E-state index contributed by atoms with van der Waals surface area (Å²) in [4.78, 5) is 5.02. The molecule has 0 bridgehead atoms. The van der Waals surface area contributed by atoms with E-state index in [0.717, 1.165) is 77.1 Å². The van der Waals surface area contributed by atoms with Gasteiger partial charge < -0.3 is 9.88 Å². The fourth-order valence-corrected chi connectivity index (χ4v) is 4.35. The van der Waals surface area contributed by atoms with Gasteiger partial charge in [-0.15, -0.1) is 0 Å². The van der Waals surface area contributed by atoms with Crippen molar-refractivity contribution in [3.63, 3.8) is 0 Å². The number of benzene rings is 1. The molecular formula is C27H37ClN4. The third-order valence-electron chi connectivity index (χ3n) is 6.44. The number of aliphatic imine (C=N–C) groups is 1. The number of nitrogens with one attached hydrogen (secondary N) is 1. The van der Waals surface area contributed by atoms with Crippen molar-refractivity contribution in [2.45, 2.75) is 85.2 Å². The lowest BCUT2D eigenvalue weighted by Crippen LogP contribution is -2.29. The fourth-order valence-electron chi connectivity index (χ4n) is 4.19. The maximum absolute atomic E-state index is 10.2. The van der Waals surface area contributed by atoms with Crippen LogP contribution in [0.25, 0.3) is 16.6 Å². The van der Waals surface area contributed by atoms with Crippen molar-refractivity contribution >= 4 is 34.4 Å². The Morgan fingerprint density at radius 1 is 1.34 bits per heavy atom. The zero-order valence-electron chi connectivity index (χ0n) is 20.2. The molecule has 0 aliphatic heterocycles. The summed E-state index contributed by atoms with van der Waals surface area (Å²) in [5.74, 6) is 0.353. The van der Waals surface area contributed by atoms with E-state index in [9.17, 15) is 5.26 Å². The highest BCUT2D eigenvalue weighted by molar-refractivity contribution is 6.32. The molecule has 1 saturated carbocycles. The maximum Gasteiger partial charge on any atom is 0.102 e. The number of nitrogens with zero attached hydrogens (tertiary/aromatic N) is 3. The van der Waals surface area contributed by atoms with Gasteiger partial charge in [0.25, 0.3) is 0 Å². The highest BCUT2D eigenvalue weighted by atomic mass is 35.5. The van der Waals surface area contributed by atoms with E-state index in [0.29, 0.717) is 18.0 Å². The first-order chi connectivity index (χ1) is 15.4. The molecule has 1 unspecified atom stereocenters. The van der Waals surface area contributed by atoms with Crippen LogP contribution < -0.4 is 5.32 Å². The van der Waals surface area contributed by atoms with Gasteiger partial charge in [-0.25, -0.2) is 0 Å². The third kappa shape index (κ3) is 5.27. The molecule has 3 rings (SSSR count). The van der Waals surface area contributed by atoms with Gasteiger partial charge >= 0.3 is 0 Å². The molecule has 0 saturated heterocycles. The van der Waals surface area contributed by atoms with E-state index in [1.54, 1.807) is 0 Å². The molecule has 1 fully saturated rings. The van der Waals surface area contributed by atoms with E-state index in [4.69, 9.17) is 16.6 Å². The summed E-state index contributed by atoms with van der Waals surface area (Å²) in [5.41, 5.74) is 4.66. The normalized spacial score (nSPS) is 16.1. The van der Waals surface area contributed by atoms with Gasteiger partial charge in [-0.1, -0.05) is 51.8 Å². The number of allylic oxidation sites excluding steroid dienone is 1. The minimum atomic E-state index is 0.353. The van der Waals surface area contributed by atoms with Crippen LogP contribution in [-0.4, -0.2) is 23.4 Å². The van der Waals surface area contributed by atoms with E-state index in [2.05, 4.69) is 62.0 Å². The Balaban J connectivity index is 2.15. The Hall–Kier alpha value is -2.09. The molecule has 1 atom stereocenters. The summed E-state index contributed by atoms with van der Waals surface area (Å²) in [6, 6.07) is 7.47. The van der Waals surface area contributed by atoms with Crippen LogP contribution >= 0.6 is 11.6 Å². The molecule has 32 heavy (non-hydrogen) atoms. The Bertz CT molecular complexity index is 1030. The number of hydrogen-bond donors (Lipinski definition) is 1. The van der Waals surface area contributed by atoms with Crippen molar-refractivity contribution in [3.05, 3.63) is 40.1 Å². The fraction of sp³-hybridized carbons (Fsp3) is 0.556. The second kappa shape index (κ2) is 11.2. The lowest BCUT2D eigenvalue weighted by Gasteiger charge is -2.30. The van der Waals surface area contributed by atoms with Crippen LogP contribution in [-0.2, 0) is 0 Å². The summed E-state index contributed by atoms with van der Waals surface area (Å²) >= 11 is 6.53. The van der Waals surface area contributed by atoms with E-state index < -0.39 is 0 Å². The first kappa shape index (κ1) is 24.6. The van der Waals surface area contributed by atoms with Crippen molar-refractivity contribution in [3.8, 4) is 6.07 Å². The van der Waals surface area contributed by atoms with Gasteiger partial charge in [0.1, 0.15) is 6.07 Å². The quantitative estimate of drug-likeness (QED) is 0.381. The molecule has 2 aromatic rings. The van der Waals surface area contributed by atoms with Gasteiger partial charge in [-0.05, 0) is 56.7 Å². The largest absolute Gasteiger partial charge is 0.335 e. The molecule has 0 amide bonds. The first-order valence-corrected chi connectivity index (χ1v) is 12.5. The third-order valence-corrected chi connectivity index (χ3v) is 6.85. The molecule has 0 spiro atoms. The summed E-state index contributed by atoms with van der Waals surface area (Å²) in [7, 11) is 0. The monoisotopic (exact) mass is 452 g/mol. The smallest absolute Gasteiger partial charge is 0.102 e. The minimum Gasteiger partial charge on any atom is -0.335 e. The molecular weight excluding hydrogens is 416 g/mol. The number of aromatic nitrogens is 1. The lowest BCUT2D eigenvalue weighted by atomic mass is 9.92. The number of aryl methyl sites for hydroxylation is 1. The summed E-state index contributed by atoms with van der Waals surface area (Å²) < 4.78 is 2.36. The molecule has 1 heterocycles. The zero-order chi connectivity index (χ0) is 23.3. The van der Waals surface area contributed by atoms with E-state index in [-0.39, 0.29) is 0 Å². The Morgan fingerprint density at radius 2 is 2.09 bits per heavy atom. The molecule has 4 nitrogen and oxygen atoms in total. The van der Waals surface area contributed by atoms with Crippen LogP contribution in [0.1, 0.15) is 89.1 Å². The van der Waals surface area contributed by atoms with Gasteiger partial charge in [0.05, 0.1) is 22.5 Å². The highest BCUT2D eigenvalue weighted by Gasteiger charge is 2.29. The number of hydrogen-bond acceptors (Lipinski definition) is 3. The molecule has 1 aliphatic rings. The van der Waals surface area contributed by atoms with Crippen molar-refractivity contribution in [2.24, 2.45) is 10.9 Å². The predicted molar refractivity (Wildman–Crippen MR) is 138 cm³/mol. The van der Waals surface area contributed by atoms with Crippen LogP contribution in [0.15, 0.2) is 23.2 Å². The molecule has 172 valence electrons.